The van der Waals surface area contributed by atoms with Crippen LogP contribution >= 0.6 is 36.1 Å². The summed E-state index contributed by atoms with van der Waals surface area (Å²) in [5.74, 6) is 0.893. The molecule has 0 amide bonds. The fourth-order valence-electron chi connectivity index (χ4n) is 1.47. The molecule has 2 aromatic rings. The Balaban J connectivity index is 0.000000644. The number of benzene rings is 2. The van der Waals surface area contributed by atoms with Gasteiger partial charge < -0.3 is 4.74 Å². The molecule has 0 radical (unpaired) electrons. The molecule has 2 rings (SSSR count). The molecule has 0 aliphatic heterocycles. The summed E-state index contributed by atoms with van der Waals surface area (Å²) in [7, 11) is 1.68. The molecule has 0 saturated heterocycles. The predicted molar refractivity (Wildman–Crippen MR) is 88.6 cm³/mol. The van der Waals surface area contributed by atoms with Gasteiger partial charge in [0.15, 0.2) is 0 Å². The largest absolute Gasteiger partial charge is 0.497 e. The van der Waals surface area contributed by atoms with E-state index in [1.165, 1.54) is 14.7 Å². The van der Waals surface area contributed by atoms with Crippen molar-refractivity contribution >= 4 is 36.1 Å². The molecule has 2 aromatic carbocycles. The molecule has 20 heavy (non-hydrogen) atoms. The minimum Gasteiger partial charge on any atom is -0.497 e. The second-order valence-corrected chi connectivity index (χ2v) is 4.62. The van der Waals surface area contributed by atoms with Crippen LogP contribution in [0.3, 0.4) is 0 Å². The molecule has 110 valence electrons. The van der Waals surface area contributed by atoms with Crippen molar-refractivity contribution in [1.82, 2.24) is 0 Å². The second kappa shape index (κ2) is 9.93. The van der Waals surface area contributed by atoms with Gasteiger partial charge in [0.05, 0.1) is 7.11 Å². The van der Waals surface area contributed by atoms with Crippen LogP contribution in [0.4, 0.5) is 13.2 Å². The van der Waals surface area contributed by atoms with Gasteiger partial charge in [0.2, 0.25) is 0 Å². The Morgan fingerprint density at radius 1 is 0.950 bits per heavy atom. The Morgan fingerprint density at radius 3 is 1.90 bits per heavy atom. The lowest BCUT2D eigenvalue weighted by atomic mass is 10.1. The van der Waals surface area contributed by atoms with E-state index in [9.17, 15) is 13.2 Å². The molecular formula is C14H14F3IOS. The SMILES string of the molecule is COc1ccc(-c2ccccc2I)cc1.FC(F)F.S. The molecule has 0 saturated carbocycles. The first-order valence-electron chi connectivity index (χ1n) is 5.35. The van der Waals surface area contributed by atoms with E-state index in [4.69, 9.17) is 4.74 Å². The van der Waals surface area contributed by atoms with Crippen molar-refractivity contribution in [2.75, 3.05) is 7.11 Å². The summed E-state index contributed by atoms with van der Waals surface area (Å²) < 4.78 is 35.4. The lowest BCUT2D eigenvalue weighted by Gasteiger charge is -2.05. The molecule has 0 aliphatic rings. The van der Waals surface area contributed by atoms with Crippen LogP contribution in [0.25, 0.3) is 11.1 Å². The van der Waals surface area contributed by atoms with Gasteiger partial charge in [0, 0.05) is 3.57 Å². The third-order valence-electron chi connectivity index (χ3n) is 2.27. The van der Waals surface area contributed by atoms with Crippen LogP contribution in [-0.2, 0) is 0 Å². The van der Waals surface area contributed by atoms with Gasteiger partial charge in [-0.2, -0.15) is 26.7 Å². The number of hydrogen-bond donors (Lipinski definition) is 0. The van der Waals surface area contributed by atoms with E-state index in [0.29, 0.717) is 0 Å². The van der Waals surface area contributed by atoms with Gasteiger partial charge in [0.1, 0.15) is 5.75 Å². The maximum absolute atomic E-state index is 9.67. The van der Waals surface area contributed by atoms with Crippen molar-refractivity contribution in [2.45, 2.75) is 6.68 Å². The van der Waals surface area contributed by atoms with Crippen LogP contribution in [0.1, 0.15) is 0 Å². The number of alkyl halides is 3. The van der Waals surface area contributed by atoms with Crippen LogP contribution in [0.2, 0.25) is 0 Å². The zero-order valence-corrected chi connectivity index (χ0v) is 13.8. The van der Waals surface area contributed by atoms with Crippen molar-refractivity contribution in [3.63, 3.8) is 0 Å². The summed E-state index contributed by atoms with van der Waals surface area (Å²) in [5, 5.41) is 0. The van der Waals surface area contributed by atoms with Crippen LogP contribution < -0.4 is 4.74 Å². The zero-order chi connectivity index (χ0) is 14.3. The Bertz CT molecular complexity index is 503. The van der Waals surface area contributed by atoms with Crippen LogP contribution in [0, 0.1) is 3.57 Å². The van der Waals surface area contributed by atoms with Crippen molar-refractivity contribution in [3.8, 4) is 16.9 Å². The quantitative estimate of drug-likeness (QED) is 0.610. The highest BCUT2D eigenvalue weighted by Crippen LogP contribution is 2.26. The van der Waals surface area contributed by atoms with Gasteiger partial charge in [0.25, 0.3) is 0 Å². The fraction of sp³-hybridized carbons (Fsp3) is 0.143. The monoisotopic (exact) mass is 414 g/mol. The fourth-order valence-corrected chi connectivity index (χ4v) is 2.16. The first kappa shape index (κ1) is 19.1. The van der Waals surface area contributed by atoms with Gasteiger partial charge in [-0.3, -0.25) is 0 Å². The summed E-state index contributed by atoms with van der Waals surface area (Å²) in [4.78, 5) is 0. The molecule has 0 aromatic heterocycles. The molecule has 1 nitrogen and oxygen atoms in total. The van der Waals surface area contributed by atoms with E-state index in [-0.39, 0.29) is 13.5 Å². The average Bonchev–Trinajstić information content (AvgIpc) is 2.39. The topological polar surface area (TPSA) is 9.23 Å². The number of halogens is 4. The van der Waals surface area contributed by atoms with Crippen molar-refractivity contribution < 1.29 is 17.9 Å². The Kier molecular flexibility index (Phi) is 9.49. The minimum absolute atomic E-state index is 0. The summed E-state index contributed by atoms with van der Waals surface area (Å²) in [5.41, 5.74) is 2.49. The van der Waals surface area contributed by atoms with E-state index in [1.54, 1.807) is 7.11 Å². The van der Waals surface area contributed by atoms with E-state index in [1.807, 2.05) is 12.1 Å². The third kappa shape index (κ3) is 6.51. The lowest BCUT2D eigenvalue weighted by molar-refractivity contribution is 0.00819. The number of hydrogen-bond acceptors (Lipinski definition) is 1. The standard InChI is InChI=1S/C13H11IO.CHF3.H2S/c1-15-11-8-6-10(7-9-11)12-4-2-3-5-13(12)14;2-1(3)4;/h2-9H,1H3;1H;1H2. The second-order valence-electron chi connectivity index (χ2n) is 3.46. The summed E-state index contributed by atoms with van der Waals surface area (Å²) in [6.07, 6.45) is 0. The molecular weight excluding hydrogens is 400 g/mol. The Morgan fingerprint density at radius 2 is 1.45 bits per heavy atom. The molecule has 0 unspecified atom stereocenters. The highest BCUT2D eigenvalue weighted by atomic mass is 127. The summed E-state index contributed by atoms with van der Waals surface area (Å²) in [6.45, 7) is -3.67. The van der Waals surface area contributed by atoms with Gasteiger partial charge in [-0.25, -0.2) is 0 Å². The lowest BCUT2D eigenvalue weighted by Crippen LogP contribution is -1.84. The molecule has 0 fully saturated rings. The third-order valence-corrected chi connectivity index (χ3v) is 3.22. The molecule has 0 aliphatic carbocycles. The van der Waals surface area contributed by atoms with E-state index < -0.39 is 6.68 Å². The highest BCUT2D eigenvalue weighted by molar-refractivity contribution is 14.1. The van der Waals surface area contributed by atoms with Gasteiger partial charge in [-0.15, -0.1) is 0 Å². The maximum atomic E-state index is 9.67. The normalized spacial score (nSPS) is 9.30. The number of methoxy groups -OCH3 is 1. The molecule has 0 atom stereocenters. The average molecular weight is 414 g/mol. The summed E-state index contributed by atoms with van der Waals surface area (Å²) in [6, 6.07) is 16.5. The first-order chi connectivity index (χ1) is 9.04. The molecule has 0 bridgehead atoms. The van der Waals surface area contributed by atoms with Crippen LogP contribution in [0.5, 0.6) is 5.75 Å². The molecule has 0 N–H and O–H groups in total. The smallest absolute Gasteiger partial charge is 0.379 e. The zero-order valence-electron chi connectivity index (χ0n) is 10.6. The number of ether oxygens (including phenoxy) is 1. The van der Waals surface area contributed by atoms with Crippen molar-refractivity contribution in [2.24, 2.45) is 0 Å². The van der Waals surface area contributed by atoms with Gasteiger partial charge >= 0.3 is 6.68 Å². The predicted octanol–water partition coefficient (Wildman–Crippen LogP) is 5.26. The van der Waals surface area contributed by atoms with Crippen molar-refractivity contribution in [1.29, 1.82) is 0 Å². The minimum atomic E-state index is -3.67. The highest BCUT2D eigenvalue weighted by Gasteiger charge is 2.01. The van der Waals surface area contributed by atoms with Gasteiger partial charge in [-0.1, -0.05) is 30.3 Å². The van der Waals surface area contributed by atoms with E-state index in [2.05, 4.69) is 59.0 Å². The summed E-state index contributed by atoms with van der Waals surface area (Å²) >= 11 is 2.35. The molecule has 0 spiro atoms. The van der Waals surface area contributed by atoms with E-state index in [0.717, 1.165) is 5.75 Å². The first-order valence-corrected chi connectivity index (χ1v) is 6.43. The van der Waals surface area contributed by atoms with Gasteiger partial charge in [-0.05, 0) is 51.9 Å². The van der Waals surface area contributed by atoms with Crippen LogP contribution in [-0.4, -0.2) is 13.8 Å². The molecule has 0 heterocycles. The molecule has 6 heteroatoms. The Hall–Kier alpha value is -0.890. The number of rotatable bonds is 2. The van der Waals surface area contributed by atoms with E-state index >= 15 is 0 Å². The Labute approximate surface area is 136 Å². The van der Waals surface area contributed by atoms with Crippen molar-refractivity contribution in [3.05, 3.63) is 52.1 Å². The maximum Gasteiger partial charge on any atom is 0.379 e. The van der Waals surface area contributed by atoms with Crippen LogP contribution in [0.15, 0.2) is 48.5 Å².